The zero-order chi connectivity index (χ0) is 11.3. The number of rotatable bonds is 5. The minimum atomic E-state index is 0.310. The van der Waals surface area contributed by atoms with Gasteiger partial charge in [0.15, 0.2) is 0 Å². The van der Waals surface area contributed by atoms with E-state index < -0.39 is 0 Å². The second-order valence-electron chi connectivity index (χ2n) is 5.36. The number of carbonyl (C=O) groups is 1. The molecule has 0 spiro atoms. The minimum absolute atomic E-state index is 0.310. The molecule has 0 bridgehead atoms. The summed E-state index contributed by atoms with van der Waals surface area (Å²) < 4.78 is 0. The molecular weight excluding hydrogens is 188 g/mol. The maximum absolute atomic E-state index is 10.2. The number of aldehydes is 1. The summed E-state index contributed by atoms with van der Waals surface area (Å²) in [6.45, 7) is 8.46. The van der Waals surface area contributed by atoms with Crippen LogP contribution in [-0.4, -0.2) is 44.4 Å². The Morgan fingerprint density at radius 1 is 1.40 bits per heavy atom. The Balaban J connectivity index is 2.35. The normalized spacial score (nSPS) is 20.5. The van der Waals surface area contributed by atoms with Gasteiger partial charge in [0.25, 0.3) is 0 Å². The molecule has 88 valence electrons. The van der Waals surface area contributed by atoms with Gasteiger partial charge in [-0.25, -0.2) is 0 Å². The van der Waals surface area contributed by atoms with Crippen molar-refractivity contribution in [3.8, 4) is 0 Å². The van der Waals surface area contributed by atoms with Crippen LogP contribution in [0, 0.1) is 11.3 Å². The molecule has 0 aliphatic carbocycles. The molecule has 1 saturated heterocycles. The van der Waals surface area contributed by atoms with Gasteiger partial charge in [0.1, 0.15) is 6.29 Å². The summed E-state index contributed by atoms with van der Waals surface area (Å²) in [6.07, 6.45) is 3.50. The molecule has 1 N–H and O–H groups in total. The zero-order valence-electron chi connectivity index (χ0n) is 10.3. The predicted octanol–water partition coefficient (Wildman–Crippen LogP) is 1.14. The zero-order valence-corrected chi connectivity index (χ0v) is 10.3. The molecule has 0 radical (unpaired) electrons. The average molecular weight is 212 g/mol. The monoisotopic (exact) mass is 212 g/mol. The molecule has 0 amide bonds. The van der Waals surface area contributed by atoms with Gasteiger partial charge in [-0.3, -0.25) is 0 Å². The van der Waals surface area contributed by atoms with Gasteiger partial charge in [0.2, 0.25) is 0 Å². The van der Waals surface area contributed by atoms with E-state index in [4.69, 9.17) is 0 Å². The van der Waals surface area contributed by atoms with Crippen molar-refractivity contribution in [3.05, 3.63) is 0 Å². The van der Waals surface area contributed by atoms with E-state index >= 15 is 0 Å². The topological polar surface area (TPSA) is 32.3 Å². The van der Waals surface area contributed by atoms with E-state index in [-0.39, 0.29) is 0 Å². The van der Waals surface area contributed by atoms with E-state index in [0.717, 1.165) is 18.7 Å². The Kier molecular flexibility index (Phi) is 4.74. The van der Waals surface area contributed by atoms with Gasteiger partial charge in [-0.1, -0.05) is 13.8 Å². The summed E-state index contributed by atoms with van der Waals surface area (Å²) in [6, 6.07) is 0. The van der Waals surface area contributed by atoms with Crippen molar-refractivity contribution < 1.29 is 4.79 Å². The number of hydrogen-bond donors (Lipinski definition) is 1. The van der Waals surface area contributed by atoms with Crippen LogP contribution in [0.2, 0.25) is 0 Å². The maximum Gasteiger partial charge on any atom is 0.133 e. The molecule has 0 atom stereocenters. The van der Waals surface area contributed by atoms with E-state index in [2.05, 4.69) is 31.1 Å². The molecule has 1 fully saturated rings. The summed E-state index contributed by atoms with van der Waals surface area (Å²) in [5.41, 5.74) is 0.310. The highest BCUT2D eigenvalue weighted by Gasteiger charge is 2.31. The fraction of sp³-hybridized carbons (Fsp3) is 0.917. The second-order valence-corrected chi connectivity index (χ2v) is 5.36. The predicted molar refractivity (Wildman–Crippen MR) is 62.9 cm³/mol. The van der Waals surface area contributed by atoms with Gasteiger partial charge in [-0.15, -0.1) is 0 Å². The van der Waals surface area contributed by atoms with Crippen molar-refractivity contribution in [2.75, 3.05) is 33.2 Å². The third kappa shape index (κ3) is 3.92. The van der Waals surface area contributed by atoms with Crippen LogP contribution in [0.25, 0.3) is 0 Å². The van der Waals surface area contributed by atoms with Crippen molar-refractivity contribution in [3.63, 3.8) is 0 Å². The number of hydrogen-bond acceptors (Lipinski definition) is 3. The van der Waals surface area contributed by atoms with Crippen LogP contribution in [0.15, 0.2) is 0 Å². The van der Waals surface area contributed by atoms with E-state index in [1.54, 1.807) is 0 Å². The van der Waals surface area contributed by atoms with Crippen molar-refractivity contribution in [1.82, 2.24) is 10.2 Å². The number of likely N-dealkylation sites (tertiary alicyclic amines) is 1. The molecule has 15 heavy (non-hydrogen) atoms. The van der Waals surface area contributed by atoms with Crippen molar-refractivity contribution >= 4 is 6.29 Å². The van der Waals surface area contributed by atoms with Crippen molar-refractivity contribution in [2.45, 2.75) is 26.7 Å². The number of nitrogens with one attached hydrogen (secondary N) is 1. The van der Waals surface area contributed by atoms with Crippen LogP contribution < -0.4 is 5.32 Å². The Labute approximate surface area is 93.2 Å². The van der Waals surface area contributed by atoms with Crippen LogP contribution >= 0.6 is 0 Å². The van der Waals surface area contributed by atoms with Gasteiger partial charge in [0, 0.05) is 6.54 Å². The maximum atomic E-state index is 10.2. The third-order valence-electron chi connectivity index (χ3n) is 3.63. The van der Waals surface area contributed by atoms with Gasteiger partial charge in [0.05, 0.1) is 6.54 Å². The van der Waals surface area contributed by atoms with Gasteiger partial charge in [-0.05, 0) is 44.3 Å². The summed E-state index contributed by atoms with van der Waals surface area (Å²) >= 11 is 0. The first-order chi connectivity index (χ1) is 7.06. The van der Waals surface area contributed by atoms with Gasteiger partial charge < -0.3 is 15.0 Å². The molecule has 0 aromatic carbocycles. The minimum Gasteiger partial charge on any atom is -0.310 e. The first-order valence-electron chi connectivity index (χ1n) is 5.89. The van der Waals surface area contributed by atoms with Crippen LogP contribution in [0.4, 0.5) is 0 Å². The molecule has 0 saturated carbocycles. The molecule has 0 aromatic heterocycles. The highest BCUT2D eigenvalue weighted by molar-refractivity contribution is 5.51. The van der Waals surface area contributed by atoms with Gasteiger partial charge in [-0.2, -0.15) is 0 Å². The second kappa shape index (κ2) is 5.61. The fourth-order valence-electron chi connectivity index (χ4n) is 2.39. The van der Waals surface area contributed by atoms with Crippen molar-refractivity contribution in [2.24, 2.45) is 11.3 Å². The average Bonchev–Trinajstić information content (AvgIpc) is 2.18. The summed E-state index contributed by atoms with van der Waals surface area (Å²) in [4.78, 5) is 12.6. The molecule has 3 heteroatoms. The lowest BCUT2D eigenvalue weighted by Gasteiger charge is -2.39. The lowest BCUT2D eigenvalue weighted by atomic mass is 9.73. The molecule has 0 unspecified atom stereocenters. The number of carbonyl (C=O) groups excluding carboxylic acids is 1. The molecule has 1 heterocycles. The fourth-order valence-corrected chi connectivity index (χ4v) is 2.39. The Morgan fingerprint density at radius 2 is 2.00 bits per heavy atom. The molecule has 3 nitrogen and oxygen atoms in total. The van der Waals surface area contributed by atoms with E-state index in [1.165, 1.54) is 25.9 Å². The standard InChI is InChI=1S/C12H24N2O/c1-12(2,10-13-6-9-15)11-4-7-14(3)8-5-11/h9,11,13H,4-8,10H2,1-3H3. The largest absolute Gasteiger partial charge is 0.310 e. The lowest BCUT2D eigenvalue weighted by Crippen LogP contribution is -2.42. The highest BCUT2D eigenvalue weighted by Crippen LogP contribution is 2.33. The molecule has 1 rings (SSSR count). The smallest absolute Gasteiger partial charge is 0.133 e. The molecule has 1 aliphatic rings. The Hall–Kier alpha value is -0.410. The molecule has 0 aromatic rings. The van der Waals surface area contributed by atoms with Crippen LogP contribution in [0.5, 0.6) is 0 Å². The quantitative estimate of drug-likeness (QED) is 0.548. The van der Waals surface area contributed by atoms with Crippen LogP contribution in [-0.2, 0) is 4.79 Å². The first kappa shape index (κ1) is 12.7. The highest BCUT2D eigenvalue weighted by atomic mass is 16.1. The van der Waals surface area contributed by atoms with E-state index in [0.29, 0.717) is 12.0 Å². The summed E-state index contributed by atoms with van der Waals surface area (Å²) in [5, 5.41) is 3.20. The SMILES string of the molecule is CN1CCC(C(C)(C)CNCC=O)CC1. The first-order valence-corrected chi connectivity index (χ1v) is 5.89. The summed E-state index contributed by atoms with van der Waals surface area (Å²) in [5.74, 6) is 0.785. The van der Waals surface area contributed by atoms with Gasteiger partial charge >= 0.3 is 0 Å². The number of nitrogens with zero attached hydrogens (tertiary/aromatic N) is 1. The third-order valence-corrected chi connectivity index (χ3v) is 3.63. The molecule has 1 aliphatic heterocycles. The van der Waals surface area contributed by atoms with Crippen LogP contribution in [0.1, 0.15) is 26.7 Å². The Bertz CT molecular complexity index is 196. The van der Waals surface area contributed by atoms with E-state index in [1.807, 2.05) is 0 Å². The number of piperidine rings is 1. The molecular formula is C12H24N2O. The van der Waals surface area contributed by atoms with E-state index in [9.17, 15) is 4.79 Å². The Morgan fingerprint density at radius 3 is 2.53 bits per heavy atom. The van der Waals surface area contributed by atoms with Crippen LogP contribution in [0.3, 0.4) is 0 Å². The lowest BCUT2D eigenvalue weighted by molar-refractivity contribution is -0.107. The summed E-state index contributed by atoms with van der Waals surface area (Å²) in [7, 11) is 2.19. The van der Waals surface area contributed by atoms with Crippen molar-refractivity contribution in [1.29, 1.82) is 0 Å².